The van der Waals surface area contributed by atoms with Gasteiger partial charge in [0.15, 0.2) is 0 Å². The number of unbranched alkanes of at least 4 members (excludes halogenated alkanes) is 3. The standard InChI is InChI=1S/C14H21NO2/c1-2-3-4-5-10-15-11-12-6-8-13(9-7-12)14(16)17/h6-9,15H,2-5,10-11H2,1H3,(H,16,17). The largest absolute Gasteiger partial charge is 0.478 e. The smallest absolute Gasteiger partial charge is 0.335 e. The summed E-state index contributed by atoms with van der Waals surface area (Å²) in [6.07, 6.45) is 5.05. The average Bonchev–Trinajstić information content (AvgIpc) is 2.34. The van der Waals surface area contributed by atoms with E-state index >= 15 is 0 Å². The molecule has 0 heterocycles. The highest BCUT2D eigenvalue weighted by atomic mass is 16.4. The lowest BCUT2D eigenvalue weighted by Gasteiger charge is -2.05. The molecule has 0 spiro atoms. The summed E-state index contributed by atoms with van der Waals surface area (Å²) in [6.45, 7) is 4.05. The third-order valence-electron chi connectivity index (χ3n) is 2.74. The van der Waals surface area contributed by atoms with Crippen LogP contribution >= 0.6 is 0 Å². The molecule has 0 aliphatic rings. The normalized spacial score (nSPS) is 10.4. The minimum absolute atomic E-state index is 0.344. The van der Waals surface area contributed by atoms with Gasteiger partial charge in [-0.2, -0.15) is 0 Å². The number of hydrogen-bond acceptors (Lipinski definition) is 2. The Hall–Kier alpha value is -1.35. The number of rotatable bonds is 8. The summed E-state index contributed by atoms with van der Waals surface area (Å²) < 4.78 is 0. The summed E-state index contributed by atoms with van der Waals surface area (Å²) in [5, 5.41) is 12.1. The first-order valence-corrected chi connectivity index (χ1v) is 6.27. The van der Waals surface area contributed by atoms with Crippen LogP contribution in [0.2, 0.25) is 0 Å². The summed E-state index contributed by atoms with van der Waals surface area (Å²) in [7, 11) is 0. The number of nitrogens with one attached hydrogen (secondary N) is 1. The highest BCUT2D eigenvalue weighted by Crippen LogP contribution is 2.04. The summed E-state index contributed by atoms with van der Waals surface area (Å²) in [5.41, 5.74) is 1.47. The van der Waals surface area contributed by atoms with Crippen LogP contribution in [0.5, 0.6) is 0 Å². The second kappa shape index (κ2) is 7.85. The molecular formula is C14H21NO2. The molecule has 0 bridgehead atoms. The Labute approximate surface area is 103 Å². The van der Waals surface area contributed by atoms with Crippen LogP contribution in [0.3, 0.4) is 0 Å². The van der Waals surface area contributed by atoms with E-state index in [1.807, 2.05) is 12.1 Å². The molecule has 1 rings (SSSR count). The quantitative estimate of drug-likeness (QED) is 0.681. The highest BCUT2D eigenvalue weighted by Gasteiger charge is 2.00. The van der Waals surface area contributed by atoms with Crippen LogP contribution in [0, 0.1) is 0 Å². The third kappa shape index (κ3) is 5.50. The predicted octanol–water partition coefficient (Wildman–Crippen LogP) is 3.05. The molecule has 1 aromatic rings. The topological polar surface area (TPSA) is 49.3 Å². The van der Waals surface area contributed by atoms with Gasteiger partial charge in [0.25, 0.3) is 0 Å². The van der Waals surface area contributed by atoms with E-state index in [-0.39, 0.29) is 0 Å². The molecule has 3 nitrogen and oxygen atoms in total. The molecular weight excluding hydrogens is 214 g/mol. The van der Waals surface area contributed by atoms with Gasteiger partial charge in [0.05, 0.1) is 5.56 Å². The van der Waals surface area contributed by atoms with Crippen molar-refractivity contribution in [2.24, 2.45) is 0 Å². The molecule has 0 aliphatic carbocycles. The maximum atomic E-state index is 10.7. The number of aromatic carboxylic acids is 1. The molecule has 0 saturated heterocycles. The van der Waals surface area contributed by atoms with Crippen LogP contribution in [0.25, 0.3) is 0 Å². The van der Waals surface area contributed by atoms with Gasteiger partial charge in [0, 0.05) is 6.54 Å². The van der Waals surface area contributed by atoms with E-state index in [0.29, 0.717) is 5.56 Å². The number of benzene rings is 1. The SMILES string of the molecule is CCCCCCNCc1ccc(C(=O)O)cc1. The van der Waals surface area contributed by atoms with Gasteiger partial charge in [0.2, 0.25) is 0 Å². The molecule has 0 radical (unpaired) electrons. The molecule has 0 fully saturated rings. The number of carboxylic acids is 1. The number of carbonyl (C=O) groups is 1. The third-order valence-corrected chi connectivity index (χ3v) is 2.74. The van der Waals surface area contributed by atoms with Crippen molar-refractivity contribution in [1.82, 2.24) is 5.32 Å². The maximum absolute atomic E-state index is 10.7. The van der Waals surface area contributed by atoms with Crippen LogP contribution in [0.4, 0.5) is 0 Å². The van der Waals surface area contributed by atoms with E-state index in [0.717, 1.165) is 18.7 Å². The zero-order chi connectivity index (χ0) is 12.5. The molecule has 0 amide bonds. The van der Waals surface area contributed by atoms with Gasteiger partial charge >= 0.3 is 5.97 Å². The average molecular weight is 235 g/mol. The van der Waals surface area contributed by atoms with Crippen LogP contribution in [-0.4, -0.2) is 17.6 Å². The maximum Gasteiger partial charge on any atom is 0.335 e. The van der Waals surface area contributed by atoms with Crippen molar-refractivity contribution in [2.75, 3.05) is 6.54 Å². The molecule has 0 unspecified atom stereocenters. The number of hydrogen-bond donors (Lipinski definition) is 2. The number of carboxylic acid groups (broad SMARTS) is 1. The fourth-order valence-corrected chi connectivity index (χ4v) is 1.67. The fraction of sp³-hybridized carbons (Fsp3) is 0.500. The molecule has 17 heavy (non-hydrogen) atoms. The lowest BCUT2D eigenvalue weighted by atomic mass is 10.1. The van der Waals surface area contributed by atoms with Gasteiger partial charge in [-0.15, -0.1) is 0 Å². The summed E-state index contributed by atoms with van der Waals surface area (Å²) >= 11 is 0. The summed E-state index contributed by atoms with van der Waals surface area (Å²) in [4.78, 5) is 10.7. The first-order chi connectivity index (χ1) is 8.24. The van der Waals surface area contributed by atoms with Crippen molar-refractivity contribution in [3.63, 3.8) is 0 Å². The Morgan fingerprint density at radius 3 is 2.47 bits per heavy atom. The molecule has 94 valence electrons. The molecule has 1 aromatic carbocycles. The molecule has 0 aliphatic heterocycles. The van der Waals surface area contributed by atoms with Gasteiger partial charge < -0.3 is 10.4 Å². The van der Waals surface area contributed by atoms with E-state index in [2.05, 4.69) is 12.2 Å². The van der Waals surface area contributed by atoms with Gasteiger partial charge in [-0.3, -0.25) is 0 Å². The molecule has 0 aromatic heterocycles. The van der Waals surface area contributed by atoms with E-state index < -0.39 is 5.97 Å². The van der Waals surface area contributed by atoms with Crippen LogP contribution in [-0.2, 0) is 6.54 Å². The van der Waals surface area contributed by atoms with Crippen molar-refractivity contribution >= 4 is 5.97 Å². The summed E-state index contributed by atoms with van der Waals surface area (Å²) in [5.74, 6) is -0.871. The Kier molecular flexibility index (Phi) is 6.33. The second-order valence-corrected chi connectivity index (χ2v) is 4.24. The van der Waals surface area contributed by atoms with E-state index in [4.69, 9.17) is 5.11 Å². The first kappa shape index (κ1) is 13.7. The van der Waals surface area contributed by atoms with Gasteiger partial charge in [-0.1, -0.05) is 38.3 Å². The first-order valence-electron chi connectivity index (χ1n) is 6.27. The predicted molar refractivity (Wildman–Crippen MR) is 69.3 cm³/mol. The van der Waals surface area contributed by atoms with Crippen LogP contribution in [0.1, 0.15) is 48.5 Å². The minimum Gasteiger partial charge on any atom is -0.478 e. The molecule has 2 N–H and O–H groups in total. The van der Waals surface area contributed by atoms with Crippen molar-refractivity contribution in [3.05, 3.63) is 35.4 Å². The second-order valence-electron chi connectivity index (χ2n) is 4.24. The van der Waals surface area contributed by atoms with Crippen LogP contribution < -0.4 is 5.32 Å². The zero-order valence-corrected chi connectivity index (χ0v) is 10.4. The van der Waals surface area contributed by atoms with Crippen molar-refractivity contribution in [2.45, 2.75) is 39.2 Å². The van der Waals surface area contributed by atoms with Gasteiger partial charge in [-0.05, 0) is 30.7 Å². The molecule has 0 atom stereocenters. The molecule has 3 heteroatoms. The summed E-state index contributed by atoms with van der Waals surface area (Å²) in [6, 6.07) is 7.03. The Bertz CT molecular complexity index is 333. The van der Waals surface area contributed by atoms with E-state index in [9.17, 15) is 4.79 Å². The van der Waals surface area contributed by atoms with Crippen molar-refractivity contribution in [3.8, 4) is 0 Å². The Morgan fingerprint density at radius 2 is 1.88 bits per heavy atom. The lowest BCUT2D eigenvalue weighted by molar-refractivity contribution is 0.0697. The Morgan fingerprint density at radius 1 is 1.18 bits per heavy atom. The molecule has 0 saturated carbocycles. The van der Waals surface area contributed by atoms with Crippen molar-refractivity contribution < 1.29 is 9.90 Å². The van der Waals surface area contributed by atoms with Gasteiger partial charge in [-0.25, -0.2) is 4.79 Å². The highest BCUT2D eigenvalue weighted by molar-refractivity contribution is 5.87. The fourth-order valence-electron chi connectivity index (χ4n) is 1.67. The lowest BCUT2D eigenvalue weighted by Crippen LogP contribution is -2.14. The van der Waals surface area contributed by atoms with E-state index in [1.54, 1.807) is 12.1 Å². The monoisotopic (exact) mass is 235 g/mol. The van der Waals surface area contributed by atoms with E-state index in [1.165, 1.54) is 25.7 Å². The Balaban J connectivity index is 2.21. The zero-order valence-electron chi connectivity index (χ0n) is 10.4. The van der Waals surface area contributed by atoms with Crippen molar-refractivity contribution in [1.29, 1.82) is 0 Å². The minimum atomic E-state index is -0.871. The van der Waals surface area contributed by atoms with Crippen LogP contribution in [0.15, 0.2) is 24.3 Å². The van der Waals surface area contributed by atoms with Gasteiger partial charge in [0.1, 0.15) is 0 Å².